The van der Waals surface area contributed by atoms with Crippen LogP contribution in [0.25, 0.3) is 6.08 Å². The van der Waals surface area contributed by atoms with Crippen LogP contribution in [0.5, 0.6) is 0 Å². The second-order valence-corrected chi connectivity index (χ2v) is 2.89. The molecule has 1 rings (SSSR count). The van der Waals surface area contributed by atoms with E-state index in [2.05, 4.69) is 23.7 Å². The molecule has 0 saturated carbocycles. The quantitative estimate of drug-likeness (QED) is 0.683. The molecule has 2 heteroatoms. The Morgan fingerprint density at radius 2 is 1.56 bits per heavy atom. The van der Waals surface area contributed by atoms with Crippen molar-refractivity contribution in [3.63, 3.8) is 0 Å². The second-order valence-electron chi connectivity index (χ2n) is 2.89. The normalized spacial score (nSPS) is 8.12. The largest absolute Gasteiger partial charge is 0.384 e. The van der Waals surface area contributed by atoms with Gasteiger partial charge in [-0.2, -0.15) is 0 Å². The number of aliphatic hydroxyl groups excluding tert-OH is 2. The fourth-order valence-corrected chi connectivity index (χ4v) is 1.09. The highest BCUT2D eigenvalue weighted by molar-refractivity contribution is 5.64. The summed E-state index contributed by atoms with van der Waals surface area (Å²) in [6.45, 7) is -0.403. The maximum atomic E-state index is 8.61. The molecule has 0 spiro atoms. The van der Waals surface area contributed by atoms with E-state index in [4.69, 9.17) is 10.2 Å². The molecule has 16 heavy (non-hydrogen) atoms. The van der Waals surface area contributed by atoms with Crippen LogP contribution >= 0.6 is 0 Å². The Bertz CT molecular complexity index is 440. The van der Waals surface area contributed by atoms with Crippen molar-refractivity contribution in [3.8, 4) is 23.7 Å². The van der Waals surface area contributed by atoms with Crippen molar-refractivity contribution in [1.82, 2.24) is 0 Å². The first-order valence-corrected chi connectivity index (χ1v) is 4.83. The number of benzene rings is 1. The summed E-state index contributed by atoms with van der Waals surface area (Å²) in [5, 5.41) is 17.2. The molecule has 1 aromatic rings. The van der Waals surface area contributed by atoms with E-state index in [1.807, 2.05) is 36.4 Å². The van der Waals surface area contributed by atoms with Crippen molar-refractivity contribution in [1.29, 1.82) is 0 Å². The summed E-state index contributed by atoms with van der Waals surface area (Å²) < 4.78 is 0. The van der Waals surface area contributed by atoms with Gasteiger partial charge in [-0.05, 0) is 11.6 Å². The zero-order valence-corrected chi connectivity index (χ0v) is 8.77. The molecule has 0 aromatic heterocycles. The number of allylic oxidation sites excluding steroid dienone is 1. The molecule has 2 nitrogen and oxygen atoms in total. The van der Waals surface area contributed by atoms with Crippen LogP contribution < -0.4 is 0 Å². The molecule has 0 fully saturated rings. The molecule has 0 aliphatic heterocycles. The van der Waals surface area contributed by atoms with Crippen LogP contribution in [0.15, 0.2) is 35.9 Å². The number of hydrogen-bond donors (Lipinski definition) is 2. The number of rotatable bonds is 1. The van der Waals surface area contributed by atoms with Gasteiger partial charge in [0.2, 0.25) is 0 Å². The first kappa shape index (κ1) is 12.1. The van der Waals surface area contributed by atoms with E-state index in [-0.39, 0.29) is 13.2 Å². The highest BCUT2D eigenvalue weighted by atomic mass is 16.3. The fourth-order valence-electron chi connectivity index (χ4n) is 1.09. The molecule has 0 heterocycles. The monoisotopic (exact) mass is 212 g/mol. The van der Waals surface area contributed by atoms with Crippen molar-refractivity contribution >= 4 is 6.08 Å². The predicted octanol–water partition coefficient (Wildman–Crippen LogP) is 1.06. The number of hydrogen-bond acceptors (Lipinski definition) is 2. The van der Waals surface area contributed by atoms with Gasteiger partial charge in [0.15, 0.2) is 0 Å². The van der Waals surface area contributed by atoms with Gasteiger partial charge in [-0.3, -0.25) is 0 Å². The average molecular weight is 212 g/mol. The van der Waals surface area contributed by atoms with E-state index in [1.165, 1.54) is 0 Å². The minimum atomic E-state index is -0.201. The second kappa shape index (κ2) is 7.31. The van der Waals surface area contributed by atoms with E-state index >= 15 is 0 Å². The zero-order chi connectivity index (χ0) is 11.6. The number of aliphatic hydroxyl groups is 2. The summed E-state index contributed by atoms with van der Waals surface area (Å²) in [4.78, 5) is 0. The maximum Gasteiger partial charge on any atom is 0.104 e. The van der Waals surface area contributed by atoms with Crippen LogP contribution in [0.4, 0.5) is 0 Å². The highest BCUT2D eigenvalue weighted by Gasteiger charge is 1.88. The van der Waals surface area contributed by atoms with Gasteiger partial charge in [-0.1, -0.05) is 54.0 Å². The van der Waals surface area contributed by atoms with E-state index in [0.29, 0.717) is 5.57 Å². The maximum absolute atomic E-state index is 8.61. The molecule has 1 aromatic carbocycles. The average Bonchev–Trinajstić information content (AvgIpc) is 2.34. The van der Waals surface area contributed by atoms with Gasteiger partial charge >= 0.3 is 0 Å². The third kappa shape index (κ3) is 4.48. The van der Waals surface area contributed by atoms with E-state index < -0.39 is 0 Å². The lowest BCUT2D eigenvalue weighted by molar-refractivity contribution is 0.350. The molecule has 0 radical (unpaired) electrons. The van der Waals surface area contributed by atoms with Crippen LogP contribution in [-0.2, 0) is 0 Å². The van der Waals surface area contributed by atoms with Gasteiger partial charge in [0, 0.05) is 0 Å². The van der Waals surface area contributed by atoms with Gasteiger partial charge in [0.1, 0.15) is 13.2 Å². The lowest BCUT2D eigenvalue weighted by atomic mass is 10.1. The fraction of sp³-hybridized carbons (Fsp3) is 0.143. The Morgan fingerprint density at radius 3 is 2.06 bits per heavy atom. The van der Waals surface area contributed by atoms with Gasteiger partial charge in [0.25, 0.3) is 0 Å². The Labute approximate surface area is 95.2 Å². The van der Waals surface area contributed by atoms with E-state index in [1.54, 1.807) is 0 Å². The topological polar surface area (TPSA) is 40.5 Å². The third-order valence-corrected chi connectivity index (χ3v) is 1.71. The standard InChI is InChI=1S/C14H12O2/c15-10-4-8-14(9-5-11-16)12-13-6-2-1-3-7-13/h1-3,6-7,12,15-16H,10-11H2. The van der Waals surface area contributed by atoms with Gasteiger partial charge < -0.3 is 10.2 Å². The van der Waals surface area contributed by atoms with E-state index in [9.17, 15) is 0 Å². The molecule has 0 aliphatic carbocycles. The molecule has 0 amide bonds. The minimum absolute atomic E-state index is 0.201. The Balaban J connectivity index is 2.97. The molecule has 0 unspecified atom stereocenters. The van der Waals surface area contributed by atoms with Crippen molar-refractivity contribution in [3.05, 3.63) is 41.5 Å². The summed E-state index contributed by atoms with van der Waals surface area (Å²) in [6.07, 6.45) is 1.81. The lowest BCUT2D eigenvalue weighted by Gasteiger charge is -1.91. The summed E-state index contributed by atoms with van der Waals surface area (Å²) in [5.41, 5.74) is 1.56. The smallest absolute Gasteiger partial charge is 0.104 e. The summed E-state index contributed by atoms with van der Waals surface area (Å²) in [5.74, 6) is 10.5. The summed E-state index contributed by atoms with van der Waals surface area (Å²) in [7, 11) is 0. The van der Waals surface area contributed by atoms with Gasteiger partial charge in [-0.25, -0.2) is 0 Å². The zero-order valence-electron chi connectivity index (χ0n) is 8.77. The first-order chi connectivity index (χ1) is 7.86. The molecule has 80 valence electrons. The van der Waals surface area contributed by atoms with Crippen molar-refractivity contribution in [2.24, 2.45) is 0 Å². The molecular formula is C14H12O2. The van der Waals surface area contributed by atoms with Crippen LogP contribution in [0.2, 0.25) is 0 Å². The molecule has 0 atom stereocenters. The minimum Gasteiger partial charge on any atom is -0.384 e. The van der Waals surface area contributed by atoms with Gasteiger partial charge in [0.05, 0.1) is 5.57 Å². The SMILES string of the molecule is OCC#CC(C#CCO)=Cc1ccccc1. The van der Waals surface area contributed by atoms with Crippen LogP contribution in [0.1, 0.15) is 5.56 Å². The lowest BCUT2D eigenvalue weighted by Crippen LogP contribution is -1.80. The molecular weight excluding hydrogens is 200 g/mol. The van der Waals surface area contributed by atoms with E-state index in [0.717, 1.165) is 5.56 Å². The van der Waals surface area contributed by atoms with Crippen molar-refractivity contribution < 1.29 is 10.2 Å². The Kier molecular flexibility index (Phi) is 5.52. The third-order valence-electron chi connectivity index (χ3n) is 1.71. The van der Waals surface area contributed by atoms with Crippen molar-refractivity contribution in [2.45, 2.75) is 0 Å². The van der Waals surface area contributed by atoms with Crippen LogP contribution in [0, 0.1) is 23.7 Å². The molecule has 2 N–H and O–H groups in total. The Morgan fingerprint density at radius 1 is 1.00 bits per heavy atom. The highest BCUT2D eigenvalue weighted by Crippen LogP contribution is 2.05. The molecule has 0 bridgehead atoms. The molecule has 0 saturated heterocycles. The van der Waals surface area contributed by atoms with Crippen LogP contribution in [0.3, 0.4) is 0 Å². The molecule has 0 aliphatic rings. The van der Waals surface area contributed by atoms with Crippen molar-refractivity contribution in [2.75, 3.05) is 13.2 Å². The van der Waals surface area contributed by atoms with Gasteiger partial charge in [-0.15, -0.1) is 0 Å². The predicted molar refractivity (Wildman–Crippen MR) is 64.1 cm³/mol. The summed E-state index contributed by atoms with van der Waals surface area (Å²) >= 11 is 0. The summed E-state index contributed by atoms with van der Waals surface area (Å²) in [6, 6.07) is 9.63. The first-order valence-electron chi connectivity index (χ1n) is 4.83. The van der Waals surface area contributed by atoms with Crippen LogP contribution in [-0.4, -0.2) is 23.4 Å². The Hall–Kier alpha value is -2.00.